The van der Waals surface area contributed by atoms with Crippen LogP contribution in [-0.4, -0.2) is 28.3 Å². The topological polar surface area (TPSA) is 58.5 Å². The number of hydrogen-bond donors (Lipinski definition) is 0. The SMILES string of the molecule is Cc1ccc(N(N=Cc2nc(C)c(C)nc2C)C(=O)C(F)(F)F)c(C)c1. The smallest absolute Gasteiger partial charge is 0.262 e. The molecule has 1 heterocycles. The first kappa shape index (κ1) is 19.6. The van der Waals surface area contributed by atoms with Gasteiger partial charge in [-0.1, -0.05) is 17.7 Å². The van der Waals surface area contributed by atoms with E-state index in [0.29, 0.717) is 27.7 Å². The van der Waals surface area contributed by atoms with Crippen molar-refractivity contribution in [2.45, 2.75) is 40.8 Å². The number of anilines is 1. The van der Waals surface area contributed by atoms with Crippen molar-refractivity contribution >= 4 is 17.8 Å². The molecule has 0 aliphatic carbocycles. The summed E-state index contributed by atoms with van der Waals surface area (Å²) in [6.07, 6.45) is -3.93. The summed E-state index contributed by atoms with van der Waals surface area (Å²) in [6.45, 7) is 8.63. The lowest BCUT2D eigenvalue weighted by Gasteiger charge is -2.20. The van der Waals surface area contributed by atoms with Crippen LogP contribution in [0.1, 0.15) is 33.9 Å². The Labute approximate surface area is 149 Å². The number of hydrazone groups is 1. The van der Waals surface area contributed by atoms with Gasteiger partial charge in [0.25, 0.3) is 0 Å². The third kappa shape index (κ3) is 4.25. The summed E-state index contributed by atoms with van der Waals surface area (Å²) in [5, 5.41) is 4.14. The maximum atomic E-state index is 13.0. The molecule has 138 valence electrons. The van der Waals surface area contributed by atoms with Gasteiger partial charge in [-0.05, 0) is 46.2 Å². The van der Waals surface area contributed by atoms with Crippen LogP contribution in [0.4, 0.5) is 18.9 Å². The van der Waals surface area contributed by atoms with Gasteiger partial charge in [-0.2, -0.15) is 23.3 Å². The Morgan fingerprint density at radius 1 is 1.04 bits per heavy atom. The van der Waals surface area contributed by atoms with Gasteiger partial charge >= 0.3 is 12.1 Å². The minimum Gasteiger partial charge on any atom is -0.262 e. The molecule has 2 rings (SSSR count). The molecule has 0 aliphatic heterocycles. The van der Waals surface area contributed by atoms with Crippen molar-refractivity contribution in [2.75, 3.05) is 5.01 Å². The van der Waals surface area contributed by atoms with E-state index in [1.54, 1.807) is 39.8 Å². The maximum Gasteiger partial charge on any atom is 0.473 e. The molecule has 1 amide bonds. The fourth-order valence-electron chi connectivity index (χ4n) is 2.35. The van der Waals surface area contributed by atoms with E-state index in [-0.39, 0.29) is 5.69 Å². The van der Waals surface area contributed by atoms with Crippen LogP contribution in [0.15, 0.2) is 23.3 Å². The van der Waals surface area contributed by atoms with Crippen molar-refractivity contribution in [1.29, 1.82) is 0 Å². The van der Waals surface area contributed by atoms with Crippen LogP contribution < -0.4 is 5.01 Å². The second kappa shape index (κ2) is 7.23. The van der Waals surface area contributed by atoms with Crippen molar-refractivity contribution in [3.05, 3.63) is 52.1 Å². The molecular formula is C18H19F3N4O. The molecule has 0 bridgehead atoms. The van der Waals surface area contributed by atoms with Crippen LogP contribution in [0.5, 0.6) is 0 Å². The van der Waals surface area contributed by atoms with Gasteiger partial charge in [0.05, 0.1) is 29.0 Å². The van der Waals surface area contributed by atoms with Crippen molar-refractivity contribution in [3.8, 4) is 0 Å². The number of hydrogen-bond acceptors (Lipinski definition) is 4. The number of carbonyl (C=O) groups excluding carboxylic acids is 1. The van der Waals surface area contributed by atoms with Gasteiger partial charge in [0, 0.05) is 0 Å². The number of carbonyl (C=O) groups is 1. The Kier molecular flexibility index (Phi) is 5.44. The number of aromatic nitrogens is 2. The molecule has 0 fully saturated rings. The number of alkyl halides is 3. The Balaban J connectivity index is 2.52. The Bertz CT molecular complexity index is 875. The molecule has 0 atom stereocenters. The van der Waals surface area contributed by atoms with E-state index in [1.165, 1.54) is 6.07 Å². The van der Waals surface area contributed by atoms with Gasteiger partial charge in [0.2, 0.25) is 0 Å². The fourth-order valence-corrected chi connectivity index (χ4v) is 2.35. The van der Waals surface area contributed by atoms with Crippen LogP contribution in [-0.2, 0) is 4.79 Å². The van der Waals surface area contributed by atoms with Crippen LogP contribution >= 0.6 is 0 Å². The minimum atomic E-state index is -5.06. The number of aryl methyl sites for hydroxylation is 5. The summed E-state index contributed by atoms with van der Waals surface area (Å²) >= 11 is 0. The number of halogens is 3. The monoisotopic (exact) mass is 364 g/mol. The average molecular weight is 364 g/mol. The van der Waals surface area contributed by atoms with E-state index < -0.39 is 12.1 Å². The molecular weight excluding hydrogens is 345 g/mol. The van der Waals surface area contributed by atoms with Crippen molar-refractivity contribution in [3.63, 3.8) is 0 Å². The second-order valence-corrected chi connectivity index (χ2v) is 6.01. The summed E-state index contributed by atoms with van der Waals surface area (Å²) in [6, 6.07) is 4.74. The van der Waals surface area contributed by atoms with E-state index in [2.05, 4.69) is 15.1 Å². The molecule has 0 spiro atoms. The van der Waals surface area contributed by atoms with Crippen molar-refractivity contribution in [1.82, 2.24) is 9.97 Å². The highest BCUT2D eigenvalue weighted by Crippen LogP contribution is 2.27. The molecule has 2 aromatic rings. The summed E-state index contributed by atoms with van der Waals surface area (Å²) in [5.41, 5.74) is 3.60. The highest BCUT2D eigenvalue weighted by atomic mass is 19.4. The number of nitrogens with zero attached hydrogens (tertiary/aromatic N) is 4. The molecule has 26 heavy (non-hydrogen) atoms. The highest BCUT2D eigenvalue weighted by Gasteiger charge is 2.43. The zero-order valence-corrected chi connectivity index (χ0v) is 15.1. The van der Waals surface area contributed by atoms with Crippen LogP contribution in [0.3, 0.4) is 0 Å². The predicted octanol–water partition coefficient (Wildman–Crippen LogP) is 3.95. The molecule has 1 aromatic carbocycles. The van der Waals surface area contributed by atoms with E-state index in [4.69, 9.17) is 0 Å². The molecule has 0 radical (unpaired) electrons. The van der Waals surface area contributed by atoms with Gasteiger partial charge in [-0.3, -0.25) is 9.78 Å². The van der Waals surface area contributed by atoms with Crippen LogP contribution in [0.25, 0.3) is 0 Å². The first-order valence-electron chi connectivity index (χ1n) is 7.85. The lowest BCUT2D eigenvalue weighted by Crippen LogP contribution is -2.38. The zero-order chi connectivity index (χ0) is 19.6. The molecule has 8 heteroatoms. The van der Waals surface area contributed by atoms with E-state index >= 15 is 0 Å². The van der Waals surface area contributed by atoms with Gasteiger partial charge in [0.1, 0.15) is 5.69 Å². The molecule has 0 unspecified atom stereocenters. The molecule has 1 aromatic heterocycles. The summed E-state index contributed by atoms with van der Waals surface area (Å²) in [4.78, 5) is 20.4. The molecule has 0 saturated carbocycles. The quantitative estimate of drug-likeness (QED) is 0.612. The fraction of sp³-hybridized carbons (Fsp3) is 0.333. The van der Waals surface area contributed by atoms with Gasteiger partial charge in [-0.25, -0.2) is 4.98 Å². The summed E-state index contributed by atoms with van der Waals surface area (Å²) in [7, 11) is 0. The zero-order valence-electron chi connectivity index (χ0n) is 15.1. The minimum absolute atomic E-state index is 0.0589. The van der Waals surface area contributed by atoms with Crippen LogP contribution in [0, 0.1) is 34.6 Å². The van der Waals surface area contributed by atoms with Crippen molar-refractivity contribution < 1.29 is 18.0 Å². The number of rotatable bonds is 3. The lowest BCUT2D eigenvalue weighted by molar-refractivity contribution is -0.170. The molecule has 0 N–H and O–H groups in total. The molecule has 5 nitrogen and oxygen atoms in total. The maximum absolute atomic E-state index is 13.0. The van der Waals surface area contributed by atoms with Crippen LogP contribution in [0.2, 0.25) is 0 Å². The standard InChI is InChI=1S/C18H19F3N4O/c1-10-6-7-16(11(2)8-10)25(17(26)18(19,20)21)22-9-15-14(5)23-12(3)13(4)24-15/h6-9H,1-5H3. The van der Waals surface area contributed by atoms with Gasteiger partial charge in [0.15, 0.2) is 0 Å². The third-order valence-electron chi connectivity index (χ3n) is 3.83. The summed E-state index contributed by atoms with van der Waals surface area (Å²) in [5.74, 6) is -2.07. The number of benzene rings is 1. The predicted molar refractivity (Wildman–Crippen MR) is 93.3 cm³/mol. The highest BCUT2D eigenvalue weighted by molar-refractivity contribution is 5.99. The average Bonchev–Trinajstić information content (AvgIpc) is 2.52. The number of amides is 1. The normalized spacial score (nSPS) is 11.8. The second-order valence-electron chi connectivity index (χ2n) is 6.01. The Morgan fingerprint density at radius 3 is 2.23 bits per heavy atom. The van der Waals surface area contributed by atoms with Gasteiger partial charge in [-0.15, -0.1) is 0 Å². The van der Waals surface area contributed by atoms with E-state index in [1.807, 2.05) is 6.92 Å². The third-order valence-corrected chi connectivity index (χ3v) is 3.83. The Hall–Kier alpha value is -2.77. The largest absolute Gasteiger partial charge is 0.473 e. The van der Waals surface area contributed by atoms with Gasteiger partial charge < -0.3 is 0 Å². The van der Waals surface area contributed by atoms with E-state index in [9.17, 15) is 18.0 Å². The van der Waals surface area contributed by atoms with Crippen molar-refractivity contribution in [2.24, 2.45) is 5.10 Å². The molecule has 0 aliphatic rings. The lowest BCUT2D eigenvalue weighted by atomic mass is 10.1. The first-order chi connectivity index (χ1) is 12.0. The molecule has 0 saturated heterocycles. The van der Waals surface area contributed by atoms with E-state index in [0.717, 1.165) is 17.5 Å². The first-order valence-corrected chi connectivity index (χ1v) is 7.85. The summed E-state index contributed by atoms with van der Waals surface area (Å²) < 4.78 is 39.1. The Morgan fingerprint density at radius 2 is 1.65 bits per heavy atom.